The molecule has 24 heavy (non-hydrogen) atoms. The summed E-state index contributed by atoms with van der Waals surface area (Å²) in [6.07, 6.45) is 3.34. The Hall–Kier alpha value is -2.66. The average molecular weight is 333 g/mol. The van der Waals surface area contributed by atoms with Gasteiger partial charge in [-0.15, -0.1) is 0 Å². The number of H-pyrrole nitrogens is 1. The van der Waals surface area contributed by atoms with Crippen molar-refractivity contribution in [1.82, 2.24) is 15.0 Å². The first kappa shape index (κ1) is 14.9. The number of aromatic amines is 1. The highest BCUT2D eigenvalue weighted by atomic mass is 32.2. The van der Waals surface area contributed by atoms with Crippen molar-refractivity contribution in [3.8, 4) is 0 Å². The molecular formula is C19H15N3OS. The number of thioether (sulfide) groups is 1. The van der Waals surface area contributed by atoms with Crippen LogP contribution in [0.25, 0.3) is 21.8 Å². The Balaban J connectivity index is 1.66. The third-order valence-corrected chi connectivity index (χ3v) is 5.13. The lowest BCUT2D eigenvalue weighted by molar-refractivity contribution is 0.0995. The van der Waals surface area contributed by atoms with E-state index in [1.807, 2.05) is 55.5 Å². The predicted molar refractivity (Wildman–Crippen MR) is 97.5 cm³/mol. The fourth-order valence-electron chi connectivity index (χ4n) is 2.79. The minimum absolute atomic E-state index is 0.0974. The molecule has 0 bridgehead atoms. The summed E-state index contributed by atoms with van der Waals surface area (Å²) in [5, 5.41) is 2.54. The van der Waals surface area contributed by atoms with Crippen molar-refractivity contribution >= 4 is 39.4 Å². The zero-order valence-corrected chi connectivity index (χ0v) is 13.9. The van der Waals surface area contributed by atoms with Gasteiger partial charge in [0.2, 0.25) is 0 Å². The molecule has 2 aromatic carbocycles. The molecule has 0 fully saturated rings. The Bertz CT molecular complexity index is 1040. The number of nitrogens with zero attached hydrogens (tertiary/aromatic N) is 2. The number of fused-ring (bicyclic) bond motifs is 2. The Morgan fingerprint density at radius 3 is 2.67 bits per heavy atom. The molecule has 0 spiro atoms. The smallest absolute Gasteiger partial charge is 0.178 e. The van der Waals surface area contributed by atoms with E-state index < -0.39 is 0 Å². The summed E-state index contributed by atoms with van der Waals surface area (Å²) < 4.78 is 0. The van der Waals surface area contributed by atoms with Crippen molar-refractivity contribution in [3.63, 3.8) is 0 Å². The van der Waals surface area contributed by atoms with Crippen LogP contribution in [0.1, 0.15) is 17.3 Å². The van der Waals surface area contributed by atoms with Crippen LogP contribution >= 0.6 is 11.8 Å². The number of nitrogens with one attached hydrogen (secondary N) is 1. The van der Waals surface area contributed by atoms with Gasteiger partial charge in [-0.1, -0.05) is 48.2 Å². The fourth-order valence-corrected chi connectivity index (χ4v) is 3.77. The highest BCUT2D eigenvalue weighted by molar-refractivity contribution is 8.00. The standard InChI is InChI=1S/C19H15N3OS/c1-12(18(23)15-10-20-16-8-4-2-6-13(15)16)24-19-14-7-3-5-9-17(14)21-11-22-19/h2-12,20H,1H3/t12-/m0/s1. The van der Waals surface area contributed by atoms with Gasteiger partial charge < -0.3 is 4.98 Å². The van der Waals surface area contributed by atoms with Gasteiger partial charge >= 0.3 is 0 Å². The number of rotatable bonds is 4. The maximum atomic E-state index is 12.9. The summed E-state index contributed by atoms with van der Waals surface area (Å²) in [5.41, 5.74) is 2.59. The molecule has 4 nitrogen and oxygen atoms in total. The normalized spacial score (nSPS) is 12.5. The van der Waals surface area contributed by atoms with E-state index in [-0.39, 0.29) is 11.0 Å². The van der Waals surface area contributed by atoms with E-state index in [4.69, 9.17) is 0 Å². The van der Waals surface area contributed by atoms with Crippen LogP contribution in [-0.4, -0.2) is 26.0 Å². The minimum Gasteiger partial charge on any atom is -0.360 e. The molecule has 0 radical (unpaired) electrons. The zero-order valence-electron chi connectivity index (χ0n) is 13.1. The van der Waals surface area contributed by atoms with Crippen LogP contribution < -0.4 is 0 Å². The Kier molecular flexibility index (Phi) is 3.78. The molecule has 2 aromatic heterocycles. The molecule has 0 unspecified atom stereocenters. The van der Waals surface area contributed by atoms with Crippen LogP contribution in [0, 0.1) is 0 Å². The number of hydrogen-bond acceptors (Lipinski definition) is 4. The maximum absolute atomic E-state index is 12.9. The minimum atomic E-state index is -0.234. The number of hydrogen-bond donors (Lipinski definition) is 1. The lowest BCUT2D eigenvalue weighted by Gasteiger charge is -2.10. The largest absolute Gasteiger partial charge is 0.360 e. The van der Waals surface area contributed by atoms with Gasteiger partial charge in [-0.3, -0.25) is 4.79 Å². The molecule has 0 saturated heterocycles. The molecule has 1 N–H and O–H groups in total. The van der Waals surface area contributed by atoms with Crippen molar-refractivity contribution in [2.24, 2.45) is 0 Å². The lowest BCUT2D eigenvalue weighted by Crippen LogP contribution is -2.13. The molecular weight excluding hydrogens is 318 g/mol. The lowest BCUT2D eigenvalue weighted by atomic mass is 10.1. The van der Waals surface area contributed by atoms with E-state index in [0.717, 1.165) is 32.4 Å². The monoisotopic (exact) mass is 333 g/mol. The van der Waals surface area contributed by atoms with Crippen molar-refractivity contribution < 1.29 is 4.79 Å². The van der Waals surface area contributed by atoms with E-state index >= 15 is 0 Å². The second kappa shape index (κ2) is 6.09. The summed E-state index contributed by atoms with van der Waals surface area (Å²) in [6, 6.07) is 15.7. The Labute approximate surface area is 143 Å². The number of carbonyl (C=O) groups excluding carboxylic acids is 1. The predicted octanol–water partition coefficient (Wildman–Crippen LogP) is 4.47. The van der Waals surface area contributed by atoms with Gasteiger partial charge in [0.1, 0.15) is 11.4 Å². The van der Waals surface area contributed by atoms with Crippen molar-refractivity contribution in [2.45, 2.75) is 17.2 Å². The third kappa shape index (κ3) is 2.57. The summed E-state index contributed by atoms with van der Waals surface area (Å²) in [7, 11) is 0. The van der Waals surface area contributed by atoms with Crippen LogP contribution in [0.15, 0.2) is 66.1 Å². The van der Waals surface area contributed by atoms with Crippen LogP contribution in [0.5, 0.6) is 0 Å². The first-order chi connectivity index (χ1) is 11.7. The molecule has 1 atom stereocenters. The van der Waals surface area contributed by atoms with E-state index in [9.17, 15) is 4.79 Å². The summed E-state index contributed by atoms with van der Waals surface area (Å²) in [4.78, 5) is 24.7. The highest BCUT2D eigenvalue weighted by Gasteiger charge is 2.21. The van der Waals surface area contributed by atoms with E-state index in [1.165, 1.54) is 11.8 Å². The average Bonchev–Trinajstić information content (AvgIpc) is 3.05. The Morgan fingerprint density at radius 2 is 1.79 bits per heavy atom. The quantitative estimate of drug-likeness (QED) is 0.340. The number of carbonyl (C=O) groups is 1. The van der Waals surface area contributed by atoms with Crippen LogP contribution in [0.4, 0.5) is 0 Å². The van der Waals surface area contributed by atoms with Crippen molar-refractivity contribution in [1.29, 1.82) is 0 Å². The second-order valence-corrected chi connectivity index (χ2v) is 6.90. The second-order valence-electron chi connectivity index (χ2n) is 5.57. The number of aromatic nitrogens is 3. The summed E-state index contributed by atoms with van der Waals surface area (Å²) >= 11 is 1.47. The molecule has 5 heteroatoms. The summed E-state index contributed by atoms with van der Waals surface area (Å²) in [6.45, 7) is 1.92. The SMILES string of the molecule is C[C@H](Sc1ncnc2ccccc12)C(=O)c1c[nH]c2ccccc12. The number of ketones is 1. The third-order valence-electron chi connectivity index (χ3n) is 4.02. The molecule has 118 valence electrons. The molecule has 0 aliphatic rings. The van der Waals surface area contributed by atoms with Crippen LogP contribution in [0.3, 0.4) is 0 Å². The molecule has 2 heterocycles. The van der Waals surface area contributed by atoms with Gasteiger partial charge in [0, 0.05) is 28.0 Å². The highest BCUT2D eigenvalue weighted by Crippen LogP contribution is 2.30. The van der Waals surface area contributed by atoms with E-state index in [1.54, 1.807) is 12.5 Å². The van der Waals surface area contributed by atoms with E-state index in [2.05, 4.69) is 15.0 Å². The molecule has 0 amide bonds. The van der Waals surface area contributed by atoms with E-state index in [0.29, 0.717) is 0 Å². The Morgan fingerprint density at radius 1 is 1.04 bits per heavy atom. The molecule has 0 aliphatic heterocycles. The molecule has 0 aliphatic carbocycles. The van der Waals surface area contributed by atoms with Crippen molar-refractivity contribution in [3.05, 3.63) is 66.6 Å². The number of para-hydroxylation sites is 2. The van der Waals surface area contributed by atoms with Crippen molar-refractivity contribution in [2.75, 3.05) is 0 Å². The molecule has 4 rings (SSSR count). The molecule has 4 aromatic rings. The molecule has 0 saturated carbocycles. The number of benzene rings is 2. The van der Waals surface area contributed by atoms with Crippen LogP contribution in [-0.2, 0) is 0 Å². The maximum Gasteiger partial charge on any atom is 0.178 e. The van der Waals surface area contributed by atoms with Crippen LogP contribution in [0.2, 0.25) is 0 Å². The van der Waals surface area contributed by atoms with Gasteiger partial charge in [0.05, 0.1) is 10.8 Å². The van der Waals surface area contributed by atoms with Gasteiger partial charge in [0.15, 0.2) is 5.78 Å². The number of Topliss-reactive ketones (excluding diaryl/α,β-unsaturated/α-hetero) is 1. The summed E-state index contributed by atoms with van der Waals surface area (Å²) in [5.74, 6) is 0.0974. The van der Waals surface area contributed by atoms with Gasteiger partial charge in [-0.05, 0) is 19.1 Å². The first-order valence-electron chi connectivity index (χ1n) is 7.71. The zero-order chi connectivity index (χ0) is 16.5. The topological polar surface area (TPSA) is 58.6 Å². The van der Waals surface area contributed by atoms with Gasteiger partial charge in [0.25, 0.3) is 0 Å². The van der Waals surface area contributed by atoms with Gasteiger partial charge in [-0.2, -0.15) is 0 Å². The first-order valence-corrected chi connectivity index (χ1v) is 8.59. The fraction of sp³-hybridized carbons (Fsp3) is 0.105. The van der Waals surface area contributed by atoms with Gasteiger partial charge in [-0.25, -0.2) is 9.97 Å².